The van der Waals surface area contributed by atoms with Crippen LogP contribution in [0.25, 0.3) is 0 Å². The lowest BCUT2D eigenvalue weighted by Crippen LogP contribution is -2.08. The fourth-order valence-electron chi connectivity index (χ4n) is 2.42. The Bertz CT molecular complexity index is 399. The number of benzene rings is 1. The molecule has 0 amide bonds. The summed E-state index contributed by atoms with van der Waals surface area (Å²) in [6.45, 7) is 0.554. The van der Waals surface area contributed by atoms with E-state index >= 15 is 0 Å². The number of aliphatic carboxylic acids is 1. The van der Waals surface area contributed by atoms with Crippen LogP contribution in [0, 0.1) is 11.8 Å². The lowest BCUT2D eigenvalue weighted by atomic mass is 10.1. The second-order valence-electron chi connectivity index (χ2n) is 3.90. The van der Waals surface area contributed by atoms with Gasteiger partial charge in [-0.3, -0.25) is 4.79 Å². The zero-order chi connectivity index (χ0) is 9.71. The minimum atomic E-state index is -0.694. The van der Waals surface area contributed by atoms with Crippen molar-refractivity contribution in [3.05, 3.63) is 29.8 Å². The van der Waals surface area contributed by atoms with Crippen molar-refractivity contribution in [2.24, 2.45) is 11.8 Å². The molecule has 3 atom stereocenters. The number of hydrogen-bond donors (Lipinski definition) is 1. The predicted molar refractivity (Wildman–Crippen MR) is 49.3 cm³/mol. The maximum atomic E-state index is 10.9. The summed E-state index contributed by atoms with van der Waals surface area (Å²) < 4.78 is 5.49. The molecule has 1 aliphatic heterocycles. The molecule has 0 saturated heterocycles. The average Bonchev–Trinajstić information content (AvgIpc) is 2.92. The Morgan fingerprint density at radius 3 is 3.00 bits per heavy atom. The Kier molecular flexibility index (Phi) is 1.40. The largest absolute Gasteiger partial charge is 0.493 e. The van der Waals surface area contributed by atoms with Gasteiger partial charge in [-0.2, -0.15) is 0 Å². The van der Waals surface area contributed by atoms with Gasteiger partial charge in [0.05, 0.1) is 12.5 Å². The number of hydrogen-bond acceptors (Lipinski definition) is 2. The quantitative estimate of drug-likeness (QED) is 0.729. The highest BCUT2D eigenvalue weighted by atomic mass is 16.5. The monoisotopic (exact) mass is 190 g/mol. The summed E-state index contributed by atoms with van der Waals surface area (Å²) in [5, 5.41) is 8.95. The highest BCUT2D eigenvalue weighted by Crippen LogP contribution is 2.58. The Morgan fingerprint density at radius 1 is 1.43 bits per heavy atom. The Labute approximate surface area is 81.3 Å². The van der Waals surface area contributed by atoms with Crippen molar-refractivity contribution in [1.82, 2.24) is 0 Å². The molecule has 1 N–H and O–H groups in total. The molecule has 0 spiro atoms. The van der Waals surface area contributed by atoms with E-state index in [9.17, 15) is 4.79 Å². The average molecular weight is 190 g/mol. The molecular formula is C11H10O3. The lowest BCUT2D eigenvalue weighted by molar-refractivity contribution is -0.139. The van der Waals surface area contributed by atoms with Gasteiger partial charge in [0.25, 0.3) is 0 Å². The number of fused-ring (bicyclic) bond motifs is 3. The molecule has 1 aliphatic carbocycles. The summed E-state index contributed by atoms with van der Waals surface area (Å²) in [6.07, 6.45) is 0. The van der Waals surface area contributed by atoms with Crippen LogP contribution >= 0.6 is 0 Å². The SMILES string of the molecule is O=C(O)[C@@H]1[C@@H]2COc3ccccc3[C@@H]21. The first-order valence-electron chi connectivity index (χ1n) is 4.73. The normalized spacial score (nSPS) is 32.4. The van der Waals surface area contributed by atoms with E-state index in [4.69, 9.17) is 9.84 Å². The van der Waals surface area contributed by atoms with Gasteiger partial charge in [0.15, 0.2) is 0 Å². The standard InChI is InChI=1S/C11H10O3/c12-11(13)10-7-5-14-8-4-2-1-3-6(8)9(7)10/h1-4,7,9-10H,5H2,(H,12,13)/t7-,9+,10-/m1/s1. The molecule has 0 bridgehead atoms. The van der Waals surface area contributed by atoms with E-state index in [1.54, 1.807) is 0 Å². The van der Waals surface area contributed by atoms with Crippen molar-refractivity contribution in [3.8, 4) is 5.75 Å². The van der Waals surface area contributed by atoms with Crippen molar-refractivity contribution in [2.75, 3.05) is 6.61 Å². The summed E-state index contributed by atoms with van der Waals surface area (Å²) in [7, 11) is 0. The van der Waals surface area contributed by atoms with E-state index in [2.05, 4.69) is 0 Å². The first-order valence-corrected chi connectivity index (χ1v) is 4.73. The number of carboxylic acids is 1. The van der Waals surface area contributed by atoms with Crippen molar-refractivity contribution in [1.29, 1.82) is 0 Å². The van der Waals surface area contributed by atoms with Gasteiger partial charge in [0, 0.05) is 11.8 Å². The van der Waals surface area contributed by atoms with Crippen LogP contribution in [-0.2, 0) is 4.79 Å². The fourth-order valence-corrected chi connectivity index (χ4v) is 2.42. The number of para-hydroxylation sites is 1. The smallest absolute Gasteiger partial charge is 0.307 e. The second-order valence-corrected chi connectivity index (χ2v) is 3.90. The first-order chi connectivity index (χ1) is 6.79. The molecule has 2 aliphatic rings. The summed E-state index contributed by atoms with van der Waals surface area (Å²) >= 11 is 0. The second kappa shape index (κ2) is 2.50. The lowest BCUT2D eigenvalue weighted by Gasteiger charge is -2.15. The highest BCUT2D eigenvalue weighted by Gasteiger charge is 2.58. The van der Waals surface area contributed by atoms with E-state index in [-0.39, 0.29) is 17.8 Å². The zero-order valence-electron chi connectivity index (χ0n) is 7.51. The molecule has 3 rings (SSSR count). The van der Waals surface area contributed by atoms with E-state index in [0.29, 0.717) is 6.61 Å². The molecule has 1 aromatic carbocycles. The Balaban J connectivity index is 2.00. The Morgan fingerprint density at radius 2 is 2.21 bits per heavy atom. The van der Waals surface area contributed by atoms with Crippen molar-refractivity contribution >= 4 is 5.97 Å². The predicted octanol–water partition coefficient (Wildman–Crippen LogP) is 1.49. The summed E-state index contributed by atoms with van der Waals surface area (Å²) in [4.78, 5) is 10.9. The Hall–Kier alpha value is -1.51. The number of rotatable bonds is 1. The first kappa shape index (κ1) is 7.85. The van der Waals surface area contributed by atoms with E-state index in [1.165, 1.54) is 0 Å². The topological polar surface area (TPSA) is 46.5 Å². The fraction of sp³-hybridized carbons (Fsp3) is 0.364. The van der Waals surface area contributed by atoms with Crippen molar-refractivity contribution < 1.29 is 14.6 Å². The van der Waals surface area contributed by atoms with Crippen LogP contribution < -0.4 is 4.74 Å². The van der Waals surface area contributed by atoms with Crippen molar-refractivity contribution in [3.63, 3.8) is 0 Å². The van der Waals surface area contributed by atoms with Gasteiger partial charge in [-0.1, -0.05) is 18.2 Å². The van der Waals surface area contributed by atoms with Gasteiger partial charge in [0.1, 0.15) is 5.75 Å². The van der Waals surface area contributed by atoms with Gasteiger partial charge in [-0.05, 0) is 11.6 Å². The molecule has 1 aromatic rings. The van der Waals surface area contributed by atoms with Crippen LogP contribution in [0.5, 0.6) is 5.75 Å². The molecule has 1 fully saturated rings. The molecule has 0 radical (unpaired) electrons. The molecule has 1 saturated carbocycles. The number of carbonyl (C=O) groups is 1. The molecule has 3 nitrogen and oxygen atoms in total. The minimum Gasteiger partial charge on any atom is -0.493 e. The summed E-state index contributed by atoms with van der Waals surface area (Å²) in [5.41, 5.74) is 1.07. The third-order valence-corrected chi connectivity index (χ3v) is 3.16. The molecular weight excluding hydrogens is 180 g/mol. The molecule has 72 valence electrons. The van der Waals surface area contributed by atoms with E-state index in [1.807, 2.05) is 24.3 Å². The number of carboxylic acid groups (broad SMARTS) is 1. The molecule has 3 heteroatoms. The van der Waals surface area contributed by atoms with Crippen LogP contribution in [-0.4, -0.2) is 17.7 Å². The van der Waals surface area contributed by atoms with Crippen LogP contribution in [0.1, 0.15) is 11.5 Å². The third-order valence-electron chi connectivity index (χ3n) is 3.16. The van der Waals surface area contributed by atoms with E-state index < -0.39 is 5.97 Å². The van der Waals surface area contributed by atoms with Crippen LogP contribution in [0.15, 0.2) is 24.3 Å². The van der Waals surface area contributed by atoms with Crippen LogP contribution in [0.3, 0.4) is 0 Å². The minimum absolute atomic E-state index is 0.192. The summed E-state index contributed by atoms with van der Waals surface area (Å²) in [6, 6.07) is 7.72. The number of ether oxygens (including phenoxy) is 1. The molecule has 1 heterocycles. The van der Waals surface area contributed by atoms with Crippen LogP contribution in [0.2, 0.25) is 0 Å². The van der Waals surface area contributed by atoms with Gasteiger partial charge in [-0.25, -0.2) is 0 Å². The summed E-state index contributed by atoms with van der Waals surface area (Å²) in [5.74, 6) is 0.330. The van der Waals surface area contributed by atoms with Gasteiger partial charge in [-0.15, -0.1) is 0 Å². The third kappa shape index (κ3) is 0.895. The highest BCUT2D eigenvalue weighted by molar-refractivity contribution is 5.77. The van der Waals surface area contributed by atoms with Gasteiger partial charge < -0.3 is 9.84 Å². The van der Waals surface area contributed by atoms with Crippen molar-refractivity contribution in [2.45, 2.75) is 5.92 Å². The maximum absolute atomic E-state index is 10.9. The van der Waals surface area contributed by atoms with E-state index in [0.717, 1.165) is 11.3 Å². The van der Waals surface area contributed by atoms with Crippen LogP contribution in [0.4, 0.5) is 0 Å². The molecule has 0 unspecified atom stereocenters. The zero-order valence-corrected chi connectivity index (χ0v) is 7.51. The maximum Gasteiger partial charge on any atom is 0.307 e. The van der Waals surface area contributed by atoms with Gasteiger partial charge in [0.2, 0.25) is 0 Å². The molecule has 14 heavy (non-hydrogen) atoms. The van der Waals surface area contributed by atoms with Gasteiger partial charge >= 0.3 is 5.97 Å². The molecule has 0 aromatic heterocycles.